The second kappa shape index (κ2) is 7.71. The maximum atomic E-state index is 5.15. The van der Waals surface area contributed by atoms with E-state index in [1.807, 2.05) is 0 Å². The molecule has 1 aliphatic carbocycles. The minimum atomic E-state index is -2.00. The fourth-order valence-corrected chi connectivity index (χ4v) is 11.7. The number of allylic oxidation sites excluding steroid dienone is 4. The van der Waals surface area contributed by atoms with Crippen molar-refractivity contribution < 1.29 is 4.58 Å². The molecule has 1 aromatic rings. The molecule has 3 nitrogen and oxygen atoms in total. The third kappa shape index (κ3) is 3.26. The van der Waals surface area contributed by atoms with Crippen LogP contribution < -0.4 is 10.1 Å². The zero-order valence-corrected chi connectivity index (χ0v) is 20.0. The van der Waals surface area contributed by atoms with Gasteiger partial charge in [-0.2, -0.15) is 0 Å². The number of benzene rings is 1. The molecule has 4 rings (SSSR count). The standard InChI is InChI=1S/C25H36N3Si/c1-18(2)29(19(3)4)24-16-20(27(5)6)10-12-22(24)26-23-13-11-21(17-25(23)29)28-14-8-7-9-15-28/h10-13,16-19H,7-9,14-15H2,1-6H3/q+1. The molecule has 0 N–H and O–H groups in total. The lowest BCUT2D eigenvalue weighted by atomic mass is 10.1. The molecular weight excluding hydrogens is 370 g/mol. The smallest absolute Gasteiger partial charge is 0.199 e. The second-order valence-electron chi connectivity index (χ2n) is 9.64. The van der Waals surface area contributed by atoms with E-state index in [0.717, 1.165) is 0 Å². The lowest BCUT2D eigenvalue weighted by Crippen LogP contribution is -2.59. The van der Waals surface area contributed by atoms with Gasteiger partial charge < -0.3 is 4.90 Å². The molecule has 2 aliphatic heterocycles. The van der Waals surface area contributed by atoms with Crippen molar-refractivity contribution in [3.05, 3.63) is 41.6 Å². The minimum absolute atomic E-state index is 0.615. The first-order valence-electron chi connectivity index (χ1n) is 11.3. The first-order valence-corrected chi connectivity index (χ1v) is 13.4. The van der Waals surface area contributed by atoms with Crippen molar-refractivity contribution in [2.45, 2.75) is 58.0 Å². The first kappa shape index (κ1) is 20.3. The normalized spacial score (nSPS) is 20.4. The lowest BCUT2D eigenvalue weighted by Gasteiger charge is -2.45. The largest absolute Gasteiger partial charge is 0.372 e. The summed E-state index contributed by atoms with van der Waals surface area (Å²) >= 11 is 0. The van der Waals surface area contributed by atoms with Gasteiger partial charge in [0.1, 0.15) is 22.2 Å². The van der Waals surface area contributed by atoms with Crippen LogP contribution in [0.25, 0.3) is 0 Å². The molecule has 0 unspecified atom stereocenters. The third-order valence-corrected chi connectivity index (χ3v) is 13.4. The Kier molecular flexibility index (Phi) is 5.41. The van der Waals surface area contributed by atoms with Crippen LogP contribution >= 0.6 is 0 Å². The van der Waals surface area contributed by atoms with Crippen molar-refractivity contribution in [1.29, 1.82) is 0 Å². The van der Waals surface area contributed by atoms with Crippen molar-refractivity contribution in [3.63, 3.8) is 0 Å². The molecule has 0 spiro atoms. The van der Waals surface area contributed by atoms with Gasteiger partial charge in [-0.25, -0.2) is 9.57 Å². The van der Waals surface area contributed by atoms with Gasteiger partial charge in [-0.1, -0.05) is 27.7 Å². The summed E-state index contributed by atoms with van der Waals surface area (Å²) in [5.74, 6) is 0. The van der Waals surface area contributed by atoms with Crippen LogP contribution in [-0.4, -0.2) is 51.3 Å². The zero-order chi connectivity index (χ0) is 20.8. The highest BCUT2D eigenvalue weighted by molar-refractivity contribution is 7.04. The number of rotatable bonds is 3. The molecule has 0 amide bonds. The Hall–Kier alpha value is -1.94. The fraction of sp³-hybridized carbons (Fsp3) is 0.520. The summed E-state index contributed by atoms with van der Waals surface area (Å²) in [6.45, 7) is 12.2. The maximum Gasteiger partial charge on any atom is 0.199 e. The average Bonchev–Trinajstić information content (AvgIpc) is 2.71. The molecule has 1 aromatic carbocycles. The number of anilines is 1. The van der Waals surface area contributed by atoms with Crippen LogP contribution in [0.1, 0.15) is 47.0 Å². The number of hydrogen-bond acceptors (Lipinski definition) is 2. The van der Waals surface area contributed by atoms with E-state index in [0.29, 0.717) is 11.1 Å². The SMILES string of the molecule is CC(C)[Si]1(C(C)C)C2=CC(=[N+](C)C)C=CC2=Nc2ccc(N3CCCCC3)cc21. The quantitative estimate of drug-likeness (QED) is 0.393. The van der Waals surface area contributed by atoms with Gasteiger partial charge in [0.25, 0.3) is 0 Å². The molecular formula is C25H36N3Si+. The van der Waals surface area contributed by atoms with Gasteiger partial charge in [-0.15, -0.1) is 0 Å². The summed E-state index contributed by atoms with van der Waals surface area (Å²) in [6.07, 6.45) is 10.9. The van der Waals surface area contributed by atoms with Gasteiger partial charge in [0, 0.05) is 30.9 Å². The molecule has 0 atom stereocenters. The molecule has 0 radical (unpaired) electrons. The Morgan fingerprint density at radius 2 is 1.66 bits per heavy atom. The Morgan fingerprint density at radius 1 is 0.966 bits per heavy atom. The highest BCUT2D eigenvalue weighted by Gasteiger charge is 2.50. The monoisotopic (exact) mass is 406 g/mol. The van der Waals surface area contributed by atoms with E-state index in [2.05, 4.69) is 87.7 Å². The van der Waals surface area contributed by atoms with E-state index >= 15 is 0 Å². The van der Waals surface area contributed by atoms with Gasteiger partial charge in [0.2, 0.25) is 0 Å². The number of hydrogen-bond donors (Lipinski definition) is 0. The van der Waals surface area contributed by atoms with Crippen molar-refractivity contribution in [3.8, 4) is 0 Å². The number of nitrogens with zero attached hydrogens (tertiary/aromatic N) is 3. The van der Waals surface area contributed by atoms with Gasteiger partial charge in [0.05, 0.1) is 11.4 Å². The number of piperidine rings is 1. The lowest BCUT2D eigenvalue weighted by molar-refractivity contribution is -0.462. The van der Waals surface area contributed by atoms with Crippen LogP contribution in [-0.2, 0) is 0 Å². The number of aliphatic imine (C=N–C) groups is 1. The van der Waals surface area contributed by atoms with Crippen LogP contribution in [0.5, 0.6) is 0 Å². The van der Waals surface area contributed by atoms with Crippen molar-refractivity contribution in [2.24, 2.45) is 4.99 Å². The van der Waals surface area contributed by atoms with Crippen molar-refractivity contribution in [2.75, 3.05) is 32.1 Å². The topological polar surface area (TPSA) is 18.6 Å². The molecule has 1 saturated heterocycles. The molecule has 0 bridgehead atoms. The van der Waals surface area contributed by atoms with Crippen LogP contribution in [0.4, 0.5) is 11.4 Å². The molecule has 1 fully saturated rings. The van der Waals surface area contributed by atoms with Crippen LogP contribution in [0.15, 0.2) is 46.6 Å². The highest BCUT2D eigenvalue weighted by atomic mass is 28.3. The van der Waals surface area contributed by atoms with E-state index < -0.39 is 8.07 Å². The zero-order valence-electron chi connectivity index (χ0n) is 19.0. The van der Waals surface area contributed by atoms with Gasteiger partial charge >= 0.3 is 0 Å². The molecule has 3 aliphatic rings. The minimum Gasteiger partial charge on any atom is -0.372 e. The summed E-state index contributed by atoms with van der Waals surface area (Å²) in [5.41, 5.74) is 6.33. The molecule has 0 aromatic heterocycles. The predicted octanol–water partition coefficient (Wildman–Crippen LogP) is 4.99. The van der Waals surface area contributed by atoms with Gasteiger partial charge in [-0.05, 0) is 65.0 Å². The van der Waals surface area contributed by atoms with E-state index in [-0.39, 0.29) is 0 Å². The van der Waals surface area contributed by atoms with E-state index in [9.17, 15) is 0 Å². The maximum absolute atomic E-state index is 5.15. The molecule has 29 heavy (non-hydrogen) atoms. The first-order chi connectivity index (χ1) is 13.9. The van der Waals surface area contributed by atoms with Crippen LogP contribution in [0, 0.1) is 0 Å². The Bertz CT molecular complexity index is 915. The fourth-order valence-electron chi connectivity index (χ4n) is 5.72. The van der Waals surface area contributed by atoms with E-state index in [1.54, 1.807) is 5.19 Å². The summed E-state index contributed by atoms with van der Waals surface area (Å²) in [6, 6.07) is 7.14. The van der Waals surface area contributed by atoms with Crippen LogP contribution in [0.3, 0.4) is 0 Å². The summed E-state index contributed by atoms with van der Waals surface area (Å²) in [5, 5.41) is 3.07. The number of fused-ring (bicyclic) bond motifs is 2. The second-order valence-corrected chi connectivity index (χ2v) is 14.8. The Balaban J connectivity index is 1.95. The Morgan fingerprint density at radius 3 is 2.28 bits per heavy atom. The predicted molar refractivity (Wildman–Crippen MR) is 130 cm³/mol. The molecule has 4 heteroatoms. The average molecular weight is 407 g/mol. The van der Waals surface area contributed by atoms with Crippen molar-refractivity contribution in [1.82, 2.24) is 0 Å². The molecule has 154 valence electrons. The molecule has 2 heterocycles. The Labute approximate surface area is 177 Å². The summed E-state index contributed by atoms with van der Waals surface area (Å²) in [7, 11) is 2.28. The highest BCUT2D eigenvalue weighted by Crippen LogP contribution is 2.45. The van der Waals surface area contributed by atoms with Crippen molar-refractivity contribution >= 4 is 36.1 Å². The van der Waals surface area contributed by atoms with E-state index in [4.69, 9.17) is 4.99 Å². The summed E-state index contributed by atoms with van der Waals surface area (Å²) in [4.78, 5) is 7.75. The molecule has 0 saturated carbocycles. The van der Waals surface area contributed by atoms with Crippen LogP contribution in [0.2, 0.25) is 11.1 Å². The van der Waals surface area contributed by atoms with E-state index in [1.165, 1.54) is 60.3 Å². The van der Waals surface area contributed by atoms with Gasteiger partial charge in [0.15, 0.2) is 5.71 Å². The van der Waals surface area contributed by atoms with Gasteiger partial charge in [-0.3, -0.25) is 0 Å². The summed E-state index contributed by atoms with van der Waals surface area (Å²) < 4.78 is 2.22. The third-order valence-electron chi connectivity index (χ3n) is 7.15.